The molecule has 29 heavy (non-hydrogen) atoms. The number of benzene rings is 3. The molecule has 0 aromatic heterocycles. The third-order valence-electron chi connectivity index (χ3n) is 4.69. The van der Waals surface area contributed by atoms with Crippen LogP contribution in [0.5, 0.6) is 5.75 Å². The Labute approximate surface area is 172 Å². The van der Waals surface area contributed by atoms with Gasteiger partial charge in [-0.25, -0.2) is 0 Å². The summed E-state index contributed by atoms with van der Waals surface area (Å²) in [6.45, 7) is 1.59. The molecule has 0 bridgehead atoms. The van der Waals surface area contributed by atoms with Crippen molar-refractivity contribution in [3.8, 4) is 5.75 Å². The van der Waals surface area contributed by atoms with Crippen molar-refractivity contribution in [3.63, 3.8) is 0 Å². The first-order valence-corrected chi connectivity index (χ1v) is 9.38. The number of nitrogens with one attached hydrogen (secondary N) is 1. The molecule has 1 aliphatic rings. The van der Waals surface area contributed by atoms with Gasteiger partial charge in [-0.15, -0.1) is 0 Å². The number of fused-ring (bicyclic) bond motifs is 2. The van der Waals surface area contributed by atoms with Gasteiger partial charge in [-0.1, -0.05) is 54.1 Å². The third kappa shape index (κ3) is 3.52. The number of anilines is 1. The Hall–Kier alpha value is -3.44. The Kier molecular flexibility index (Phi) is 4.91. The van der Waals surface area contributed by atoms with Gasteiger partial charge in [0.15, 0.2) is 17.7 Å². The molecule has 3 aromatic rings. The molecule has 0 heterocycles. The summed E-state index contributed by atoms with van der Waals surface area (Å²) in [7, 11) is 0. The van der Waals surface area contributed by atoms with Gasteiger partial charge < -0.3 is 10.1 Å². The predicted molar refractivity (Wildman–Crippen MR) is 110 cm³/mol. The Bertz CT molecular complexity index is 1160. The monoisotopic (exact) mass is 405 g/mol. The standard InChI is InChI=1S/C23H16ClNO4/c1-13(29-15-7-4-6-14(24)12-15)23(28)25-19-11-5-10-18-20(19)22(27)17-9-3-2-8-16(17)21(18)26/h2-13H,1H3,(H,25,28)/t13-/m1/s1. The quantitative estimate of drug-likeness (QED) is 0.541. The molecule has 5 nitrogen and oxygen atoms in total. The summed E-state index contributed by atoms with van der Waals surface area (Å²) in [4.78, 5) is 38.5. The Balaban J connectivity index is 1.61. The highest BCUT2D eigenvalue weighted by molar-refractivity contribution is 6.31. The minimum Gasteiger partial charge on any atom is -0.481 e. The maximum Gasteiger partial charge on any atom is 0.265 e. The van der Waals surface area contributed by atoms with Gasteiger partial charge in [-0.2, -0.15) is 0 Å². The van der Waals surface area contributed by atoms with Crippen LogP contribution in [0.15, 0.2) is 66.7 Å². The van der Waals surface area contributed by atoms with Crippen molar-refractivity contribution in [2.75, 3.05) is 5.32 Å². The first-order valence-electron chi connectivity index (χ1n) is 9.00. The van der Waals surface area contributed by atoms with E-state index in [2.05, 4.69) is 5.32 Å². The largest absolute Gasteiger partial charge is 0.481 e. The van der Waals surface area contributed by atoms with Crippen molar-refractivity contribution in [1.82, 2.24) is 0 Å². The summed E-state index contributed by atoms with van der Waals surface area (Å²) >= 11 is 5.94. The van der Waals surface area contributed by atoms with Gasteiger partial charge >= 0.3 is 0 Å². The highest BCUT2D eigenvalue weighted by Crippen LogP contribution is 2.32. The average Bonchev–Trinajstić information content (AvgIpc) is 2.72. The first-order chi connectivity index (χ1) is 14.0. The van der Waals surface area contributed by atoms with Crippen molar-refractivity contribution in [1.29, 1.82) is 0 Å². The average molecular weight is 406 g/mol. The number of carbonyl (C=O) groups is 3. The van der Waals surface area contributed by atoms with Gasteiger partial charge in [-0.05, 0) is 31.2 Å². The number of hydrogen-bond acceptors (Lipinski definition) is 4. The molecule has 0 radical (unpaired) electrons. The van der Waals surface area contributed by atoms with Crippen LogP contribution in [0.25, 0.3) is 0 Å². The highest BCUT2D eigenvalue weighted by atomic mass is 35.5. The van der Waals surface area contributed by atoms with E-state index < -0.39 is 12.0 Å². The fourth-order valence-electron chi connectivity index (χ4n) is 3.28. The van der Waals surface area contributed by atoms with Crippen molar-refractivity contribution in [3.05, 3.63) is 94.0 Å². The van der Waals surface area contributed by atoms with E-state index in [9.17, 15) is 14.4 Å². The van der Waals surface area contributed by atoms with E-state index in [1.54, 1.807) is 73.7 Å². The fraction of sp³-hybridized carbons (Fsp3) is 0.0870. The Morgan fingerprint density at radius 2 is 1.55 bits per heavy atom. The SMILES string of the molecule is C[C@@H](Oc1cccc(Cl)c1)C(=O)Nc1cccc2c1C(=O)c1ccccc1C2=O. The summed E-state index contributed by atoms with van der Waals surface area (Å²) in [5.74, 6) is -0.531. The molecule has 1 aliphatic carbocycles. The molecule has 3 aromatic carbocycles. The van der Waals surface area contributed by atoms with Crippen LogP contribution < -0.4 is 10.1 Å². The van der Waals surface area contributed by atoms with E-state index >= 15 is 0 Å². The van der Waals surface area contributed by atoms with Gasteiger partial charge in [0.25, 0.3) is 5.91 Å². The molecule has 1 atom stereocenters. The van der Waals surface area contributed by atoms with Crippen molar-refractivity contribution >= 4 is 34.8 Å². The van der Waals surface area contributed by atoms with E-state index in [1.807, 2.05) is 0 Å². The highest BCUT2D eigenvalue weighted by Gasteiger charge is 2.32. The molecular formula is C23H16ClNO4. The van der Waals surface area contributed by atoms with Crippen LogP contribution in [0.2, 0.25) is 5.02 Å². The number of ether oxygens (including phenoxy) is 1. The smallest absolute Gasteiger partial charge is 0.265 e. The van der Waals surface area contributed by atoms with E-state index in [4.69, 9.17) is 16.3 Å². The summed E-state index contributed by atoms with van der Waals surface area (Å²) in [6, 6.07) is 18.2. The lowest BCUT2D eigenvalue weighted by atomic mass is 9.83. The normalized spacial score (nSPS) is 13.3. The molecule has 0 unspecified atom stereocenters. The molecule has 1 N–H and O–H groups in total. The molecule has 0 fully saturated rings. The fourth-order valence-corrected chi connectivity index (χ4v) is 3.46. The molecule has 6 heteroatoms. The number of halogens is 1. The van der Waals surface area contributed by atoms with E-state index in [1.165, 1.54) is 0 Å². The van der Waals surface area contributed by atoms with Crippen molar-refractivity contribution in [2.24, 2.45) is 0 Å². The molecular weight excluding hydrogens is 390 g/mol. The molecule has 0 saturated carbocycles. The molecule has 4 rings (SSSR count). The van der Waals surface area contributed by atoms with Crippen molar-refractivity contribution < 1.29 is 19.1 Å². The van der Waals surface area contributed by atoms with Crippen molar-refractivity contribution in [2.45, 2.75) is 13.0 Å². The zero-order chi connectivity index (χ0) is 20.5. The van der Waals surface area contributed by atoms with Crippen LogP contribution in [-0.2, 0) is 4.79 Å². The minimum absolute atomic E-state index is 0.194. The lowest BCUT2D eigenvalue weighted by Crippen LogP contribution is -2.31. The lowest BCUT2D eigenvalue weighted by molar-refractivity contribution is -0.122. The minimum atomic E-state index is -0.842. The number of amides is 1. The van der Waals surface area contributed by atoms with Gasteiger partial charge in [0.2, 0.25) is 0 Å². The molecule has 0 saturated heterocycles. The van der Waals surface area contributed by atoms with Crippen LogP contribution >= 0.6 is 11.6 Å². The Morgan fingerprint density at radius 1 is 0.897 bits per heavy atom. The zero-order valence-corrected chi connectivity index (χ0v) is 16.2. The second kappa shape index (κ2) is 7.53. The van der Waals surface area contributed by atoms with E-state index in [0.717, 1.165) is 0 Å². The van der Waals surface area contributed by atoms with E-state index in [-0.39, 0.29) is 28.4 Å². The second-order valence-corrected chi connectivity index (χ2v) is 7.08. The number of ketones is 2. The topological polar surface area (TPSA) is 72.5 Å². The van der Waals surface area contributed by atoms with Gasteiger partial charge in [0.05, 0.1) is 11.3 Å². The maximum atomic E-state index is 13.0. The summed E-state index contributed by atoms with van der Waals surface area (Å²) in [6.07, 6.45) is -0.842. The summed E-state index contributed by atoms with van der Waals surface area (Å²) in [5, 5.41) is 3.21. The number of hydrogen-bond donors (Lipinski definition) is 1. The lowest BCUT2D eigenvalue weighted by Gasteiger charge is -2.21. The second-order valence-electron chi connectivity index (χ2n) is 6.64. The maximum absolute atomic E-state index is 13.0. The summed E-state index contributed by atoms with van der Waals surface area (Å²) < 4.78 is 5.63. The number of rotatable bonds is 4. The molecule has 0 spiro atoms. The van der Waals surface area contributed by atoms with E-state index in [0.29, 0.717) is 21.9 Å². The van der Waals surface area contributed by atoms with Crippen LogP contribution in [0.4, 0.5) is 5.69 Å². The summed E-state index contributed by atoms with van der Waals surface area (Å²) in [5.41, 5.74) is 1.44. The van der Waals surface area contributed by atoms with Crippen LogP contribution in [0.1, 0.15) is 38.8 Å². The van der Waals surface area contributed by atoms with Crippen LogP contribution in [0.3, 0.4) is 0 Å². The first kappa shape index (κ1) is 18.9. The predicted octanol–water partition coefficient (Wildman–Crippen LogP) is 4.52. The molecule has 0 aliphatic heterocycles. The van der Waals surface area contributed by atoms with Crippen LogP contribution in [-0.4, -0.2) is 23.6 Å². The van der Waals surface area contributed by atoms with Gasteiger partial charge in [0, 0.05) is 21.7 Å². The number of carbonyl (C=O) groups excluding carboxylic acids is 3. The Morgan fingerprint density at radius 3 is 2.28 bits per heavy atom. The van der Waals surface area contributed by atoms with Crippen LogP contribution in [0, 0.1) is 0 Å². The molecule has 1 amide bonds. The van der Waals surface area contributed by atoms with Gasteiger partial charge in [-0.3, -0.25) is 14.4 Å². The third-order valence-corrected chi connectivity index (χ3v) is 4.92. The zero-order valence-electron chi connectivity index (χ0n) is 15.4. The molecule has 144 valence electrons. The van der Waals surface area contributed by atoms with Gasteiger partial charge in [0.1, 0.15) is 5.75 Å².